The van der Waals surface area contributed by atoms with Crippen LogP contribution in [0.1, 0.15) is 81.6 Å². The molecule has 1 unspecified atom stereocenters. The Morgan fingerprint density at radius 2 is 1.58 bits per heavy atom. The van der Waals surface area contributed by atoms with Crippen molar-refractivity contribution in [3.05, 3.63) is 0 Å². The molecule has 0 saturated carbocycles. The monoisotopic (exact) mass is 488 g/mol. The topological polar surface area (TPSA) is 97.3 Å². The van der Waals surface area contributed by atoms with Crippen LogP contribution in [0.3, 0.4) is 0 Å². The molecule has 1 aliphatic heterocycles. The molecule has 2 amide bonds. The summed E-state index contributed by atoms with van der Waals surface area (Å²) in [6.07, 6.45) is 0.0350. The van der Waals surface area contributed by atoms with Crippen molar-refractivity contribution in [2.75, 3.05) is 13.1 Å². The lowest BCUT2D eigenvalue weighted by Crippen LogP contribution is -2.45. The smallest absolute Gasteiger partial charge is 0.410 e. The molecule has 1 heterocycles. The average molecular weight is 489 g/mol. The minimum Gasteiger partial charge on any atom is -0.444 e. The molecule has 1 saturated heterocycles. The first kappa shape index (κ1) is 29.7. The number of aliphatic hydroxyl groups excluding tert-OH is 1. The van der Waals surface area contributed by atoms with Gasteiger partial charge in [0.25, 0.3) is 0 Å². The second kappa shape index (κ2) is 10.9. The molecule has 0 aromatic heterocycles. The molecule has 194 valence electrons. The Morgan fingerprint density at radius 1 is 1.03 bits per heavy atom. The van der Waals surface area contributed by atoms with Gasteiger partial charge in [-0.1, -0.05) is 20.8 Å². The summed E-state index contributed by atoms with van der Waals surface area (Å²) in [5.74, 6) is 0. The Morgan fingerprint density at radius 3 is 2.06 bits per heavy atom. The third-order valence-corrected chi connectivity index (χ3v) is 10.5. The van der Waals surface area contributed by atoms with E-state index in [1.807, 2.05) is 20.8 Å². The van der Waals surface area contributed by atoms with E-state index in [2.05, 4.69) is 39.2 Å². The van der Waals surface area contributed by atoms with Gasteiger partial charge in [-0.3, -0.25) is 0 Å². The molecule has 8 nitrogen and oxygen atoms in total. The summed E-state index contributed by atoms with van der Waals surface area (Å²) in [6.45, 7) is 22.5. The van der Waals surface area contributed by atoms with E-state index in [1.54, 1.807) is 25.7 Å². The van der Waals surface area contributed by atoms with Gasteiger partial charge in [0.1, 0.15) is 11.2 Å². The summed E-state index contributed by atoms with van der Waals surface area (Å²) in [5.41, 5.74) is -1.18. The summed E-state index contributed by atoms with van der Waals surface area (Å²) in [5, 5.41) is 13.1. The molecule has 0 aliphatic carbocycles. The van der Waals surface area contributed by atoms with Crippen molar-refractivity contribution in [3.8, 4) is 0 Å². The predicted molar refractivity (Wildman–Crippen MR) is 133 cm³/mol. The lowest BCUT2D eigenvalue weighted by Gasteiger charge is -2.38. The van der Waals surface area contributed by atoms with Gasteiger partial charge < -0.3 is 29.2 Å². The van der Waals surface area contributed by atoms with Crippen LogP contribution in [-0.4, -0.2) is 73.1 Å². The Hall–Kier alpha value is -1.32. The van der Waals surface area contributed by atoms with Crippen molar-refractivity contribution < 1.29 is 28.6 Å². The minimum atomic E-state index is -1.99. The van der Waals surface area contributed by atoms with Gasteiger partial charge in [0, 0.05) is 19.1 Å². The average Bonchev–Trinajstić information content (AvgIpc) is 2.96. The highest BCUT2D eigenvalue weighted by Crippen LogP contribution is 2.39. The van der Waals surface area contributed by atoms with Gasteiger partial charge in [0.2, 0.25) is 0 Å². The molecular formula is C24H48N2O6Si. The highest BCUT2D eigenvalue weighted by atomic mass is 28.4. The Bertz CT molecular complexity index is 663. The number of likely N-dealkylation sites (tertiary alicyclic amines) is 1. The third-order valence-electron chi connectivity index (χ3n) is 5.99. The van der Waals surface area contributed by atoms with Crippen molar-refractivity contribution in [3.63, 3.8) is 0 Å². The maximum absolute atomic E-state index is 12.9. The van der Waals surface area contributed by atoms with E-state index >= 15 is 0 Å². The van der Waals surface area contributed by atoms with E-state index in [-0.39, 0.29) is 29.8 Å². The number of aliphatic hydroxyl groups is 1. The SMILES string of the molecule is CC(C)(C)OC(=O)NCC(O)CC[C@H]1C[C@@H](O[Si](C)(C)C(C)(C)C)CN1C(=O)OC(C)(C)C. The fourth-order valence-electron chi connectivity index (χ4n) is 3.37. The number of carbonyl (C=O) groups excluding carboxylic acids is 2. The molecule has 0 aromatic rings. The maximum Gasteiger partial charge on any atom is 0.410 e. The first-order valence-corrected chi connectivity index (χ1v) is 14.9. The molecule has 3 atom stereocenters. The summed E-state index contributed by atoms with van der Waals surface area (Å²) in [6, 6.07) is -0.0919. The van der Waals surface area contributed by atoms with Crippen LogP contribution in [0.5, 0.6) is 0 Å². The van der Waals surface area contributed by atoms with Crippen LogP contribution in [-0.2, 0) is 13.9 Å². The van der Waals surface area contributed by atoms with Crippen LogP contribution in [0.25, 0.3) is 0 Å². The zero-order valence-corrected chi connectivity index (χ0v) is 23.7. The van der Waals surface area contributed by atoms with Crippen LogP contribution >= 0.6 is 0 Å². The number of rotatable bonds is 7. The minimum absolute atomic E-state index is 0.0551. The van der Waals surface area contributed by atoms with Gasteiger partial charge in [-0.2, -0.15) is 0 Å². The van der Waals surface area contributed by atoms with Gasteiger partial charge in [0.05, 0.1) is 12.2 Å². The van der Waals surface area contributed by atoms with Crippen LogP contribution in [0.4, 0.5) is 9.59 Å². The van der Waals surface area contributed by atoms with E-state index in [4.69, 9.17) is 13.9 Å². The normalized spacial score (nSPS) is 21.0. The first-order chi connectivity index (χ1) is 14.7. The summed E-state index contributed by atoms with van der Waals surface area (Å²) in [4.78, 5) is 26.5. The molecule has 9 heteroatoms. The third kappa shape index (κ3) is 10.6. The van der Waals surface area contributed by atoms with Crippen molar-refractivity contribution >= 4 is 20.5 Å². The zero-order chi connectivity index (χ0) is 25.8. The van der Waals surface area contributed by atoms with Crippen LogP contribution < -0.4 is 5.32 Å². The van der Waals surface area contributed by atoms with E-state index in [9.17, 15) is 14.7 Å². The fourth-order valence-corrected chi connectivity index (χ4v) is 4.73. The van der Waals surface area contributed by atoms with Gasteiger partial charge >= 0.3 is 12.2 Å². The number of nitrogens with zero attached hydrogens (tertiary/aromatic N) is 1. The largest absolute Gasteiger partial charge is 0.444 e. The van der Waals surface area contributed by atoms with Gasteiger partial charge in [0.15, 0.2) is 8.32 Å². The van der Waals surface area contributed by atoms with E-state index in [1.165, 1.54) is 0 Å². The Balaban J connectivity index is 2.76. The number of carbonyl (C=O) groups is 2. The Labute approximate surface area is 201 Å². The van der Waals surface area contributed by atoms with Gasteiger partial charge in [-0.05, 0) is 78.9 Å². The van der Waals surface area contributed by atoms with Crippen molar-refractivity contribution in [2.24, 2.45) is 0 Å². The highest BCUT2D eigenvalue weighted by molar-refractivity contribution is 6.74. The van der Waals surface area contributed by atoms with E-state index in [0.717, 1.165) is 0 Å². The number of alkyl carbamates (subject to hydrolysis) is 1. The van der Waals surface area contributed by atoms with E-state index in [0.29, 0.717) is 25.8 Å². The van der Waals surface area contributed by atoms with Gasteiger partial charge in [-0.25, -0.2) is 9.59 Å². The molecule has 33 heavy (non-hydrogen) atoms. The lowest BCUT2D eigenvalue weighted by atomic mass is 10.1. The number of ether oxygens (including phenoxy) is 2. The second-order valence-electron chi connectivity index (χ2n) is 12.6. The molecule has 0 radical (unpaired) electrons. The lowest BCUT2D eigenvalue weighted by molar-refractivity contribution is 0.0192. The van der Waals surface area contributed by atoms with E-state index < -0.39 is 31.7 Å². The predicted octanol–water partition coefficient (Wildman–Crippen LogP) is 5.05. The number of hydrogen-bond donors (Lipinski definition) is 2. The van der Waals surface area contributed by atoms with Crippen molar-refractivity contribution in [1.82, 2.24) is 10.2 Å². The molecule has 0 spiro atoms. The molecule has 1 aliphatic rings. The van der Waals surface area contributed by atoms with Gasteiger partial charge in [-0.15, -0.1) is 0 Å². The number of hydrogen-bond acceptors (Lipinski definition) is 6. The maximum atomic E-state index is 12.9. The molecule has 1 fully saturated rings. The Kier molecular flexibility index (Phi) is 9.86. The van der Waals surface area contributed by atoms with Crippen molar-refractivity contribution in [1.29, 1.82) is 0 Å². The second-order valence-corrected chi connectivity index (χ2v) is 17.4. The highest BCUT2D eigenvalue weighted by Gasteiger charge is 2.44. The fraction of sp³-hybridized carbons (Fsp3) is 0.917. The zero-order valence-electron chi connectivity index (χ0n) is 22.7. The molecule has 0 bridgehead atoms. The van der Waals surface area contributed by atoms with Crippen LogP contribution in [0, 0.1) is 0 Å². The standard InChI is InChI=1S/C24H48N2O6Si/c1-22(2,3)30-20(28)25-15-18(27)13-12-17-14-19(32-33(10,11)24(7,8)9)16-26(17)21(29)31-23(4,5)6/h17-19,27H,12-16H2,1-11H3,(H,25,28)/t17-,18?,19+/m0/s1. The molecule has 2 N–H and O–H groups in total. The molecular weight excluding hydrogens is 440 g/mol. The first-order valence-electron chi connectivity index (χ1n) is 12.0. The van der Waals surface area contributed by atoms with Crippen LogP contribution in [0.15, 0.2) is 0 Å². The quantitative estimate of drug-likeness (QED) is 0.487. The number of nitrogens with one attached hydrogen (secondary N) is 1. The van der Waals surface area contributed by atoms with Crippen LogP contribution in [0.2, 0.25) is 18.1 Å². The summed E-state index contributed by atoms with van der Waals surface area (Å²) >= 11 is 0. The van der Waals surface area contributed by atoms with Crippen molar-refractivity contribution in [2.45, 2.75) is 129 Å². The number of amides is 2. The molecule has 0 aromatic carbocycles. The molecule has 1 rings (SSSR count). The summed E-state index contributed by atoms with van der Waals surface area (Å²) < 4.78 is 17.4. The summed E-state index contributed by atoms with van der Waals surface area (Å²) in [7, 11) is -1.99.